The molecule has 0 aliphatic carbocycles. The van der Waals surface area contributed by atoms with Gasteiger partial charge in [-0.15, -0.1) is 6.42 Å². The largest absolute Gasteiger partial charge is 0.481 e. The van der Waals surface area contributed by atoms with E-state index in [0.717, 1.165) is 0 Å². The molecule has 0 unspecified atom stereocenters. The predicted molar refractivity (Wildman–Crippen MR) is 94.4 cm³/mol. The smallest absolute Gasteiger partial charge is 0.266 e. The van der Waals surface area contributed by atoms with Gasteiger partial charge in [-0.1, -0.05) is 41.8 Å². The van der Waals surface area contributed by atoms with E-state index in [4.69, 9.17) is 22.8 Å². The van der Waals surface area contributed by atoms with Gasteiger partial charge < -0.3 is 10.1 Å². The number of terminal acetylenes is 1. The second-order valence-electron chi connectivity index (χ2n) is 4.67. The van der Waals surface area contributed by atoms with Crippen LogP contribution >= 0.6 is 11.6 Å². The molecule has 0 spiro atoms. The average Bonchev–Trinajstić information content (AvgIpc) is 2.60. The first-order chi connectivity index (χ1) is 11.6. The second kappa shape index (κ2) is 8.43. The molecule has 0 bridgehead atoms. The van der Waals surface area contributed by atoms with Crippen molar-refractivity contribution >= 4 is 29.3 Å². The Balaban J connectivity index is 2.14. The molecule has 0 radical (unpaired) electrons. The standard InChI is InChI=1S/C19H13ClN2O2/c1-2-11-24-16-9-7-14(8-10-16)12-15(13-21)19(23)22-18-6-4-3-5-17(18)20/h1,3-10,12H,11H2,(H,22,23). The normalized spacial score (nSPS) is 10.4. The van der Waals surface area contributed by atoms with Crippen molar-refractivity contribution in [2.75, 3.05) is 11.9 Å². The Labute approximate surface area is 145 Å². The lowest BCUT2D eigenvalue weighted by atomic mass is 10.1. The van der Waals surface area contributed by atoms with Crippen molar-refractivity contribution in [1.29, 1.82) is 5.26 Å². The summed E-state index contributed by atoms with van der Waals surface area (Å²) >= 11 is 5.99. The first-order valence-corrected chi connectivity index (χ1v) is 7.36. The Morgan fingerprint density at radius 1 is 1.25 bits per heavy atom. The van der Waals surface area contributed by atoms with E-state index >= 15 is 0 Å². The number of rotatable bonds is 5. The minimum atomic E-state index is -0.529. The monoisotopic (exact) mass is 336 g/mol. The van der Waals surface area contributed by atoms with Crippen molar-refractivity contribution in [2.24, 2.45) is 0 Å². The quantitative estimate of drug-likeness (QED) is 0.511. The summed E-state index contributed by atoms with van der Waals surface area (Å²) in [6.45, 7) is 0.179. The van der Waals surface area contributed by atoms with Gasteiger partial charge in [0.1, 0.15) is 24.0 Å². The number of hydrogen-bond donors (Lipinski definition) is 1. The topological polar surface area (TPSA) is 62.1 Å². The molecule has 2 aromatic carbocycles. The first-order valence-electron chi connectivity index (χ1n) is 6.98. The van der Waals surface area contributed by atoms with Crippen molar-refractivity contribution < 1.29 is 9.53 Å². The van der Waals surface area contributed by atoms with Gasteiger partial charge in [-0.3, -0.25) is 4.79 Å². The maximum absolute atomic E-state index is 12.2. The highest BCUT2D eigenvalue weighted by molar-refractivity contribution is 6.34. The number of amides is 1. The zero-order valence-electron chi connectivity index (χ0n) is 12.6. The maximum Gasteiger partial charge on any atom is 0.266 e. The highest BCUT2D eigenvalue weighted by atomic mass is 35.5. The number of anilines is 1. The second-order valence-corrected chi connectivity index (χ2v) is 5.07. The molecule has 0 aliphatic heterocycles. The number of nitriles is 1. The SMILES string of the molecule is C#CCOc1ccc(C=C(C#N)C(=O)Nc2ccccc2Cl)cc1. The number of halogens is 1. The highest BCUT2D eigenvalue weighted by Crippen LogP contribution is 2.21. The summed E-state index contributed by atoms with van der Waals surface area (Å²) in [5, 5.41) is 12.2. The lowest BCUT2D eigenvalue weighted by molar-refractivity contribution is -0.112. The molecule has 1 amide bonds. The van der Waals surface area contributed by atoms with Crippen LogP contribution in [0.1, 0.15) is 5.56 Å². The minimum Gasteiger partial charge on any atom is -0.481 e. The highest BCUT2D eigenvalue weighted by Gasteiger charge is 2.11. The summed E-state index contributed by atoms with van der Waals surface area (Å²) in [6.07, 6.45) is 6.61. The van der Waals surface area contributed by atoms with Crippen LogP contribution in [0.3, 0.4) is 0 Å². The van der Waals surface area contributed by atoms with Gasteiger partial charge in [0.2, 0.25) is 0 Å². The number of hydrogen-bond acceptors (Lipinski definition) is 3. The number of ether oxygens (including phenoxy) is 1. The van der Waals surface area contributed by atoms with Gasteiger partial charge >= 0.3 is 0 Å². The molecule has 0 atom stereocenters. The number of nitrogens with zero attached hydrogens (tertiary/aromatic N) is 1. The molecular weight excluding hydrogens is 324 g/mol. The van der Waals surface area contributed by atoms with E-state index in [1.807, 2.05) is 6.07 Å². The molecule has 0 aromatic heterocycles. The van der Waals surface area contributed by atoms with Gasteiger partial charge in [-0.05, 0) is 35.9 Å². The van der Waals surface area contributed by atoms with Gasteiger partial charge in [0, 0.05) is 0 Å². The van der Waals surface area contributed by atoms with Gasteiger partial charge in [-0.25, -0.2) is 0 Å². The molecule has 2 aromatic rings. The van der Waals surface area contributed by atoms with Crippen molar-refractivity contribution in [3.63, 3.8) is 0 Å². The molecule has 0 aliphatic rings. The summed E-state index contributed by atoms with van der Waals surface area (Å²) in [5.41, 5.74) is 1.10. The lowest BCUT2D eigenvalue weighted by Crippen LogP contribution is -2.13. The van der Waals surface area contributed by atoms with Crippen molar-refractivity contribution in [3.05, 3.63) is 64.7 Å². The third-order valence-corrected chi connectivity index (χ3v) is 3.33. The molecule has 0 fully saturated rings. The van der Waals surface area contributed by atoms with E-state index in [9.17, 15) is 10.1 Å². The summed E-state index contributed by atoms with van der Waals surface area (Å²) in [5.74, 6) is 2.46. The molecular formula is C19H13ClN2O2. The number of nitrogens with one attached hydrogen (secondary N) is 1. The molecule has 0 heterocycles. The molecule has 0 saturated carbocycles. The fraction of sp³-hybridized carbons (Fsp3) is 0.0526. The van der Waals surface area contributed by atoms with Crippen LogP contribution in [-0.2, 0) is 4.79 Å². The van der Waals surface area contributed by atoms with E-state index in [1.54, 1.807) is 48.5 Å². The first kappa shape index (κ1) is 17.1. The third-order valence-electron chi connectivity index (χ3n) is 3.00. The Morgan fingerprint density at radius 2 is 1.96 bits per heavy atom. The fourth-order valence-electron chi connectivity index (χ4n) is 1.85. The Kier molecular flexibility index (Phi) is 6.02. The van der Waals surface area contributed by atoms with E-state index in [1.165, 1.54) is 6.08 Å². The summed E-state index contributed by atoms with van der Waals surface area (Å²) < 4.78 is 5.27. The summed E-state index contributed by atoms with van der Waals surface area (Å²) in [7, 11) is 0. The van der Waals surface area contributed by atoms with Crippen LogP contribution in [0, 0.1) is 23.7 Å². The van der Waals surface area contributed by atoms with Gasteiger partial charge in [0.05, 0.1) is 10.7 Å². The van der Waals surface area contributed by atoms with Crippen molar-refractivity contribution in [1.82, 2.24) is 0 Å². The van der Waals surface area contributed by atoms with E-state index in [-0.39, 0.29) is 12.2 Å². The zero-order chi connectivity index (χ0) is 17.4. The maximum atomic E-state index is 12.2. The van der Waals surface area contributed by atoms with Gasteiger partial charge in [0.15, 0.2) is 0 Å². The number of carbonyl (C=O) groups excluding carboxylic acids is 1. The van der Waals surface area contributed by atoms with E-state index < -0.39 is 5.91 Å². The lowest BCUT2D eigenvalue weighted by Gasteiger charge is -2.06. The Hall–Kier alpha value is -3.21. The Morgan fingerprint density at radius 3 is 2.58 bits per heavy atom. The van der Waals surface area contributed by atoms with Gasteiger partial charge in [0.25, 0.3) is 5.91 Å². The third kappa shape index (κ3) is 4.64. The molecule has 118 valence electrons. The molecule has 1 N–H and O–H groups in total. The summed E-state index contributed by atoms with van der Waals surface area (Å²) in [4.78, 5) is 12.2. The van der Waals surface area contributed by atoms with Crippen LogP contribution in [-0.4, -0.2) is 12.5 Å². The molecule has 2 rings (SSSR count). The van der Waals surface area contributed by atoms with Crippen LogP contribution in [0.5, 0.6) is 5.75 Å². The molecule has 5 heteroatoms. The molecule has 24 heavy (non-hydrogen) atoms. The van der Waals surface area contributed by atoms with Crippen LogP contribution in [0.25, 0.3) is 6.08 Å². The van der Waals surface area contributed by atoms with Crippen LogP contribution in [0.15, 0.2) is 54.1 Å². The fourth-order valence-corrected chi connectivity index (χ4v) is 2.04. The van der Waals surface area contributed by atoms with Crippen molar-refractivity contribution in [3.8, 4) is 24.2 Å². The number of carbonyl (C=O) groups is 1. The zero-order valence-corrected chi connectivity index (χ0v) is 13.4. The number of benzene rings is 2. The van der Waals surface area contributed by atoms with Gasteiger partial charge in [-0.2, -0.15) is 5.26 Å². The van der Waals surface area contributed by atoms with E-state index in [2.05, 4.69) is 11.2 Å². The average molecular weight is 337 g/mol. The molecule has 4 nitrogen and oxygen atoms in total. The van der Waals surface area contributed by atoms with Crippen LogP contribution < -0.4 is 10.1 Å². The van der Waals surface area contributed by atoms with Crippen LogP contribution in [0.2, 0.25) is 5.02 Å². The summed E-state index contributed by atoms with van der Waals surface area (Å²) in [6, 6.07) is 15.6. The van der Waals surface area contributed by atoms with Crippen molar-refractivity contribution in [2.45, 2.75) is 0 Å². The number of para-hydroxylation sites is 1. The van der Waals surface area contributed by atoms with Crippen LogP contribution in [0.4, 0.5) is 5.69 Å². The predicted octanol–water partition coefficient (Wildman–Crippen LogP) is 3.90. The van der Waals surface area contributed by atoms with E-state index in [0.29, 0.717) is 22.0 Å². The minimum absolute atomic E-state index is 0.0350. The Bertz CT molecular complexity index is 843. The molecule has 0 saturated heterocycles.